The highest BCUT2D eigenvalue weighted by Gasteiger charge is 2.54. The first-order valence-corrected chi connectivity index (χ1v) is 22.2. The van der Waals surface area contributed by atoms with Crippen molar-refractivity contribution in [2.75, 3.05) is 0 Å². The topological polar surface area (TPSA) is 98.7 Å². The van der Waals surface area contributed by atoms with Crippen molar-refractivity contribution in [1.29, 1.82) is 0 Å². The van der Waals surface area contributed by atoms with Crippen LogP contribution in [0.4, 0.5) is 0 Å². The fourth-order valence-electron chi connectivity index (χ4n) is 9.19. The molecule has 1 fully saturated rings. The lowest BCUT2D eigenvalue weighted by atomic mass is 9.66. The molecular weight excluding hydrogens is 693 g/mol. The molecule has 0 bridgehead atoms. The van der Waals surface area contributed by atoms with Gasteiger partial charge >= 0.3 is 0 Å². The molecule has 56 heavy (non-hydrogen) atoms. The number of amides is 2. The zero-order valence-electron chi connectivity index (χ0n) is 34.9. The second kappa shape index (κ2) is 20.6. The van der Waals surface area contributed by atoms with E-state index in [0.717, 1.165) is 116 Å². The quantitative estimate of drug-likeness (QED) is 0.0422. The van der Waals surface area contributed by atoms with Crippen LogP contribution in [-0.2, 0) is 9.59 Å². The van der Waals surface area contributed by atoms with Crippen molar-refractivity contribution >= 4 is 33.4 Å². The summed E-state index contributed by atoms with van der Waals surface area (Å²) in [6.45, 7) is 8.66. The number of rotatable bonds is 24. The lowest BCUT2D eigenvalue weighted by molar-refractivity contribution is -0.154. The highest BCUT2D eigenvalue weighted by molar-refractivity contribution is 6.06. The Morgan fingerprint density at radius 2 is 0.875 bits per heavy atom. The van der Waals surface area contributed by atoms with E-state index in [0.29, 0.717) is 38.5 Å². The Labute approximate surface area is 337 Å². The molecular formula is C50H70N2O4. The van der Waals surface area contributed by atoms with Gasteiger partial charge in [-0.2, -0.15) is 0 Å². The number of carbonyl (C=O) groups excluding carboxylic acids is 2. The van der Waals surface area contributed by atoms with Gasteiger partial charge in [0.25, 0.3) is 0 Å². The summed E-state index contributed by atoms with van der Waals surface area (Å²) in [5.41, 5.74) is -1.94. The van der Waals surface area contributed by atoms with Crippen molar-refractivity contribution in [3.05, 3.63) is 96.1 Å². The summed E-state index contributed by atoms with van der Waals surface area (Å²) in [6, 6.07) is 27.2. The standard InChI is InChI=1S/C50H70N2O4/c1-5-9-17-34-49(55,35-18-10-6-2)44(42-30-21-26-38-24-13-15-28-40(38)42)51-46(53)48(32-23-33-48)47(54)52-45(43-31-22-27-39-25-14-16-29-41(39)43)50(56,36-19-11-7-3)37-20-12-8-4/h13-16,21-22,24-31,44-45,55-56H,5-12,17-20,23,32-37H2,1-4H3,(H,51,53)(H,52,54)/t44-,45-/m0/s1. The van der Waals surface area contributed by atoms with Crippen LogP contribution in [0.3, 0.4) is 0 Å². The Hall–Kier alpha value is -3.74. The number of nitrogens with one attached hydrogen (secondary N) is 2. The molecule has 6 heteroatoms. The fraction of sp³-hybridized carbons (Fsp3) is 0.560. The summed E-state index contributed by atoms with van der Waals surface area (Å²) in [6.07, 6.45) is 15.3. The van der Waals surface area contributed by atoms with Crippen molar-refractivity contribution in [1.82, 2.24) is 10.6 Å². The van der Waals surface area contributed by atoms with E-state index in [9.17, 15) is 10.2 Å². The summed E-state index contributed by atoms with van der Waals surface area (Å²) < 4.78 is 0. The van der Waals surface area contributed by atoms with Gasteiger partial charge < -0.3 is 20.8 Å². The Morgan fingerprint density at radius 1 is 0.536 bits per heavy atom. The van der Waals surface area contributed by atoms with Crippen molar-refractivity contribution in [3.63, 3.8) is 0 Å². The van der Waals surface area contributed by atoms with E-state index in [-0.39, 0.29) is 11.8 Å². The molecule has 0 saturated heterocycles. The number of carbonyl (C=O) groups is 2. The molecule has 304 valence electrons. The average Bonchev–Trinajstić information content (AvgIpc) is 3.18. The molecule has 1 aliphatic carbocycles. The fourth-order valence-corrected chi connectivity index (χ4v) is 9.19. The van der Waals surface area contributed by atoms with Crippen molar-refractivity contribution in [2.45, 2.75) is 173 Å². The Bertz CT molecular complexity index is 1690. The third-order valence-electron chi connectivity index (χ3n) is 12.8. The van der Waals surface area contributed by atoms with Crippen molar-refractivity contribution in [3.8, 4) is 0 Å². The van der Waals surface area contributed by atoms with Gasteiger partial charge in [-0.05, 0) is 71.2 Å². The predicted octanol–water partition coefficient (Wildman–Crippen LogP) is 12.0. The van der Waals surface area contributed by atoms with Gasteiger partial charge in [-0.25, -0.2) is 0 Å². The van der Waals surface area contributed by atoms with Crippen molar-refractivity contribution in [2.24, 2.45) is 5.41 Å². The first-order chi connectivity index (χ1) is 27.2. The number of hydrogen-bond acceptors (Lipinski definition) is 4. The molecule has 4 N–H and O–H groups in total. The van der Waals surface area contributed by atoms with E-state index in [1.807, 2.05) is 48.5 Å². The summed E-state index contributed by atoms with van der Waals surface area (Å²) in [5.74, 6) is -0.665. The normalized spacial score (nSPS) is 15.3. The van der Waals surface area contributed by atoms with Crippen LogP contribution in [0.25, 0.3) is 21.5 Å². The minimum atomic E-state index is -1.31. The first-order valence-electron chi connectivity index (χ1n) is 22.2. The maximum atomic E-state index is 15.1. The van der Waals surface area contributed by atoms with E-state index in [1.54, 1.807) is 0 Å². The smallest absolute Gasteiger partial charge is 0.236 e. The molecule has 0 aromatic heterocycles. The van der Waals surface area contributed by atoms with Gasteiger partial charge in [0.2, 0.25) is 11.8 Å². The summed E-state index contributed by atoms with van der Waals surface area (Å²) >= 11 is 0. The molecule has 4 aromatic rings. The van der Waals surface area contributed by atoms with E-state index < -0.39 is 28.7 Å². The summed E-state index contributed by atoms with van der Waals surface area (Å²) in [4.78, 5) is 30.1. The zero-order chi connectivity index (χ0) is 40.0. The van der Waals surface area contributed by atoms with Gasteiger partial charge in [0.15, 0.2) is 0 Å². The van der Waals surface area contributed by atoms with Gasteiger partial charge in [0, 0.05) is 0 Å². The van der Waals surface area contributed by atoms with Gasteiger partial charge in [-0.15, -0.1) is 0 Å². The van der Waals surface area contributed by atoms with Crippen LogP contribution in [-0.4, -0.2) is 33.2 Å². The zero-order valence-corrected chi connectivity index (χ0v) is 34.9. The highest BCUT2D eigenvalue weighted by Crippen LogP contribution is 2.46. The van der Waals surface area contributed by atoms with Crippen LogP contribution in [0.15, 0.2) is 84.9 Å². The molecule has 0 unspecified atom stereocenters. The molecule has 0 spiro atoms. The summed E-state index contributed by atoms with van der Waals surface area (Å²) in [7, 11) is 0. The molecule has 5 rings (SSSR count). The van der Waals surface area contributed by atoms with E-state index in [2.05, 4.69) is 74.7 Å². The Balaban J connectivity index is 1.56. The minimum Gasteiger partial charge on any atom is -0.387 e. The maximum absolute atomic E-state index is 15.1. The minimum absolute atomic E-state index is 0.333. The second-order valence-corrected chi connectivity index (χ2v) is 16.9. The molecule has 1 aliphatic rings. The molecule has 4 aromatic carbocycles. The van der Waals surface area contributed by atoms with Crippen molar-refractivity contribution < 1.29 is 19.8 Å². The van der Waals surface area contributed by atoms with Crippen LogP contribution in [0.5, 0.6) is 0 Å². The van der Waals surface area contributed by atoms with E-state index >= 15 is 9.59 Å². The third-order valence-corrected chi connectivity index (χ3v) is 12.8. The van der Waals surface area contributed by atoms with Gasteiger partial charge in [0.05, 0.1) is 23.3 Å². The van der Waals surface area contributed by atoms with E-state index in [4.69, 9.17) is 0 Å². The molecule has 6 nitrogen and oxygen atoms in total. The number of aliphatic hydroxyl groups is 2. The molecule has 0 heterocycles. The van der Waals surface area contributed by atoms with Crippen LogP contribution in [0.2, 0.25) is 0 Å². The molecule has 2 atom stereocenters. The van der Waals surface area contributed by atoms with Gasteiger partial charge in [-0.3, -0.25) is 9.59 Å². The maximum Gasteiger partial charge on any atom is 0.236 e. The Kier molecular flexibility index (Phi) is 16.0. The number of hydrogen-bond donors (Lipinski definition) is 4. The first kappa shape index (κ1) is 43.4. The monoisotopic (exact) mass is 763 g/mol. The Morgan fingerprint density at radius 3 is 1.20 bits per heavy atom. The largest absolute Gasteiger partial charge is 0.387 e. The lowest BCUT2D eigenvalue weighted by Gasteiger charge is -2.45. The van der Waals surface area contributed by atoms with Gasteiger partial charge in [-0.1, -0.05) is 196 Å². The van der Waals surface area contributed by atoms with Crippen LogP contribution < -0.4 is 10.6 Å². The number of benzene rings is 4. The third kappa shape index (κ3) is 10.0. The number of fused-ring (bicyclic) bond motifs is 2. The molecule has 0 radical (unpaired) electrons. The SMILES string of the molecule is CCCCCC(O)(CCCCC)[C@@H](NC(=O)C1(C(=O)N[C@@H](c2cccc3ccccc23)C(O)(CCCCC)CCCCC)CCC1)c1cccc2ccccc12. The second-order valence-electron chi connectivity index (χ2n) is 16.9. The molecule has 2 amide bonds. The number of unbranched alkanes of at least 4 members (excludes halogenated alkanes) is 8. The predicted molar refractivity (Wildman–Crippen MR) is 232 cm³/mol. The van der Waals surface area contributed by atoms with Crippen LogP contribution in [0, 0.1) is 5.41 Å². The van der Waals surface area contributed by atoms with Gasteiger partial charge in [0.1, 0.15) is 5.41 Å². The van der Waals surface area contributed by atoms with E-state index in [1.165, 1.54) is 0 Å². The van der Waals surface area contributed by atoms with Crippen LogP contribution >= 0.6 is 0 Å². The van der Waals surface area contributed by atoms with Crippen LogP contribution in [0.1, 0.15) is 173 Å². The highest BCUT2D eigenvalue weighted by atomic mass is 16.3. The molecule has 0 aliphatic heterocycles. The molecule has 1 saturated carbocycles. The summed E-state index contributed by atoms with van der Waals surface area (Å²) in [5, 5.41) is 36.6. The lowest BCUT2D eigenvalue weighted by Crippen LogP contribution is -2.60. The average molecular weight is 763 g/mol.